The minimum absolute atomic E-state index is 0.0250. The molecule has 8 heteroatoms. The summed E-state index contributed by atoms with van der Waals surface area (Å²) in [5.74, 6) is -0.288. The predicted octanol–water partition coefficient (Wildman–Crippen LogP) is 3.27. The zero-order chi connectivity index (χ0) is 18.0. The van der Waals surface area contributed by atoms with Gasteiger partial charge in [-0.15, -0.1) is 0 Å². The Labute approximate surface area is 142 Å². The van der Waals surface area contributed by atoms with Crippen LogP contribution in [0.15, 0.2) is 42.5 Å². The third kappa shape index (κ3) is 3.32. The third-order valence-electron chi connectivity index (χ3n) is 3.65. The fourth-order valence-corrected chi connectivity index (χ4v) is 2.44. The SMILES string of the molecule is COC(=O)Nc1ccc2c(c1)C(=Cc1ccc([N+](=O)[O-])cc1)C(=O)N2. The van der Waals surface area contributed by atoms with E-state index in [1.165, 1.54) is 19.2 Å². The van der Waals surface area contributed by atoms with Crippen LogP contribution in [0.5, 0.6) is 0 Å². The molecular formula is C17H13N3O5. The van der Waals surface area contributed by atoms with Crippen molar-refractivity contribution >= 4 is 40.7 Å². The van der Waals surface area contributed by atoms with Crippen LogP contribution in [0.4, 0.5) is 21.9 Å². The van der Waals surface area contributed by atoms with Crippen LogP contribution in [0.3, 0.4) is 0 Å². The number of hydrogen-bond acceptors (Lipinski definition) is 5. The molecule has 0 atom stereocenters. The standard InChI is InChI=1S/C17H13N3O5/c1-25-17(22)18-11-4-7-15-13(9-11)14(16(21)19-15)8-10-2-5-12(6-3-10)20(23)24/h2-9H,1H3,(H,18,22)(H,19,21). The van der Waals surface area contributed by atoms with Crippen molar-refractivity contribution in [2.24, 2.45) is 0 Å². The van der Waals surface area contributed by atoms with Gasteiger partial charge in [0.05, 0.1) is 12.0 Å². The van der Waals surface area contributed by atoms with Crippen molar-refractivity contribution in [2.45, 2.75) is 0 Å². The second-order valence-corrected chi connectivity index (χ2v) is 5.24. The van der Waals surface area contributed by atoms with Gasteiger partial charge < -0.3 is 10.1 Å². The van der Waals surface area contributed by atoms with Crippen LogP contribution in [0.2, 0.25) is 0 Å². The van der Waals surface area contributed by atoms with Crippen LogP contribution in [0, 0.1) is 10.1 Å². The largest absolute Gasteiger partial charge is 0.453 e. The van der Waals surface area contributed by atoms with Gasteiger partial charge in [0.25, 0.3) is 11.6 Å². The van der Waals surface area contributed by atoms with Gasteiger partial charge >= 0.3 is 6.09 Å². The minimum Gasteiger partial charge on any atom is -0.453 e. The zero-order valence-electron chi connectivity index (χ0n) is 13.1. The molecule has 1 heterocycles. The van der Waals surface area contributed by atoms with Crippen LogP contribution in [0.1, 0.15) is 11.1 Å². The number of anilines is 2. The van der Waals surface area contributed by atoms with Crippen molar-refractivity contribution in [1.29, 1.82) is 0 Å². The minimum atomic E-state index is -0.613. The molecule has 0 saturated heterocycles. The molecule has 126 valence electrons. The Hall–Kier alpha value is -3.68. The first-order valence-corrected chi connectivity index (χ1v) is 7.25. The monoisotopic (exact) mass is 339 g/mol. The van der Waals surface area contributed by atoms with Gasteiger partial charge in [-0.2, -0.15) is 0 Å². The Morgan fingerprint density at radius 3 is 2.60 bits per heavy atom. The van der Waals surface area contributed by atoms with Crippen LogP contribution < -0.4 is 10.6 Å². The number of carbonyl (C=O) groups is 2. The van der Waals surface area contributed by atoms with Gasteiger partial charge in [0.2, 0.25) is 0 Å². The molecule has 0 aromatic heterocycles. The van der Waals surface area contributed by atoms with Gasteiger partial charge in [-0.25, -0.2) is 4.79 Å². The number of carbonyl (C=O) groups excluding carboxylic acids is 2. The highest BCUT2D eigenvalue weighted by molar-refractivity contribution is 6.35. The number of non-ortho nitro benzene ring substituents is 1. The number of rotatable bonds is 3. The quantitative estimate of drug-likeness (QED) is 0.506. The molecule has 2 amide bonds. The zero-order valence-corrected chi connectivity index (χ0v) is 13.1. The average molecular weight is 339 g/mol. The Bertz CT molecular complexity index is 903. The fraction of sp³-hybridized carbons (Fsp3) is 0.0588. The molecule has 0 unspecified atom stereocenters. The van der Waals surface area contributed by atoms with Gasteiger partial charge in [0, 0.05) is 34.6 Å². The fourth-order valence-electron chi connectivity index (χ4n) is 2.44. The number of amides is 2. The number of nitrogens with zero attached hydrogens (tertiary/aromatic N) is 1. The molecule has 1 aliphatic heterocycles. The van der Waals surface area contributed by atoms with Gasteiger partial charge in [-0.1, -0.05) is 0 Å². The first-order chi connectivity index (χ1) is 12.0. The second-order valence-electron chi connectivity index (χ2n) is 5.24. The molecular weight excluding hydrogens is 326 g/mol. The van der Waals surface area contributed by atoms with Crippen molar-refractivity contribution < 1.29 is 19.2 Å². The summed E-state index contributed by atoms with van der Waals surface area (Å²) >= 11 is 0. The molecule has 2 aromatic carbocycles. The van der Waals surface area contributed by atoms with E-state index in [2.05, 4.69) is 15.4 Å². The first kappa shape index (κ1) is 16.2. The second kappa shape index (κ2) is 6.44. The third-order valence-corrected chi connectivity index (χ3v) is 3.65. The molecule has 3 rings (SSSR count). The number of ether oxygens (including phenoxy) is 1. The number of methoxy groups -OCH3 is 1. The highest BCUT2D eigenvalue weighted by Gasteiger charge is 2.24. The van der Waals surface area contributed by atoms with Crippen LogP contribution >= 0.6 is 0 Å². The average Bonchev–Trinajstić information content (AvgIpc) is 2.90. The summed E-state index contributed by atoms with van der Waals surface area (Å²) in [7, 11) is 1.26. The van der Waals surface area contributed by atoms with E-state index in [1.54, 1.807) is 36.4 Å². The summed E-state index contributed by atoms with van der Waals surface area (Å²) in [5.41, 5.74) is 2.75. The molecule has 0 bridgehead atoms. The van der Waals surface area contributed by atoms with E-state index in [4.69, 9.17) is 0 Å². The highest BCUT2D eigenvalue weighted by Crippen LogP contribution is 2.35. The van der Waals surface area contributed by atoms with E-state index in [9.17, 15) is 19.7 Å². The van der Waals surface area contributed by atoms with Crippen LogP contribution in [-0.4, -0.2) is 24.0 Å². The topological polar surface area (TPSA) is 111 Å². The lowest BCUT2D eigenvalue weighted by Gasteiger charge is -2.06. The molecule has 2 N–H and O–H groups in total. The summed E-state index contributed by atoms with van der Waals surface area (Å²) in [4.78, 5) is 33.7. The van der Waals surface area contributed by atoms with E-state index in [0.717, 1.165) is 0 Å². The number of nitro groups is 1. The van der Waals surface area contributed by atoms with Crippen molar-refractivity contribution in [1.82, 2.24) is 0 Å². The van der Waals surface area contributed by atoms with Gasteiger partial charge in [0.15, 0.2) is 0 Å². The molecule has 0 radical (unpaired) electrons. The Morgan fingerprint density at radius 1 is 1.24 bits per heavy atom. The maximum atomic E-state index is 12.2. The molecule has 0 aliphatic carbocycles. The van der Waals surface area contributed by atoms with E-state index in [1.807, 2.05) is 0 Å². The molecule has 8 nitrogen and oxygen atoms in total. The summed E-state index contributed by atoms with van der Waals surface area (Å²) < 4.78 is 4.55. The summed E-state index contributed by atoms with van der Waals surface area (Å²) in [6.07, 6.45) is 1.02. The number of fused-ring (bicyclic) bond motifs is 1. The Morgan fingerprint density at radius 2 is 1.96 bits per heavy atom. The number of nitro benzene ring substituents is 1. The van der Waals surface area contributed by atoms with E-state index < -0.39 is 11.0 Å². The lowest BCUT2D eigenvalue weighted by atomic mass is 10.0. The summed E-state index contributed by atoms with van der Waals surface area (Å²) in [5, 5.41) is 16.0. The molecule has 2 aromatic rings. The van der Waals surface area contributed by atoms with Crippen molar-refractivity contribution in [3.8, 4) is 0 Å². The molecule has 25 heavy (non-hydrogen) atoms. The van der Waals surface area contributed by atoms with Crippen LogP contribution in [0.25, 0.3) is 11.6 Å². The van der Waals surface area contributed by atoms with E-state index in [-0.39, 0.29) is 11.6 Å². The van der Waals surface area contributed by atoms with Gasteiger partial charge in [-0.3, -0.25) is 20.2 Å². The molecule has 0 saturated carbocycles. The number of hydrogen-bond donors (Lipinski definition) is 2. The molecule has 0 fully saturated rings. The molecule has 1 aliphatic rings. The Balaban J connectivity index is 1.95. The maximum Gasteiger partial charge on any atom is 0.411 e. The van der Waals surface area contributed by atoms with Crippen molar-refractivity contribution in [3.05, 3.63) is 63.7 Å². The normalized spacial score (nSPS) is 14.0. The lowest BCUT2D eigenvalue weighted by molar-refractivity contribution is -0.384. The number of benzene rings is 2. The predicted molar refractivity (Wildman–Crippen MR) is 92.1 cm³/mol. The molecule has 0 spiro atoms. The summed E-state index contributed by atoms with van der Waals surface area (Å²) in [6.45, 7) is 0. The number of nitrogens with one attached hydrogen (secondary N) is 2. The smallest absolute Gasteiger partial charge is 0.411 e. The van der Waals surface area contributed by atoms with Gasteiger partial charge in [-0.05, 0) is 42.0 Å². The van der Waals surface area contributed by atoms with E-state index >= 15 is 0 Å². The lowest BCUT2D eigenvalue weighted by Crippen LogP contribution is -2.10. The van der Waals surface area contributed by atoms with Crippen molar-refractivity contribution in [3.63, 3.8) is 0 Å². The first-order valence-electron chi connectivity index (χ1n) is 7.25. The van der Waals surface area contributed by atoms with E-state index in [0.29, 0.717) is 28.1 Å². The highest BCUT2D eigenvalue weighted by atomic mass is 16.6. The Kier molecular flexibility index (Phi) is 4.17. The van der Waals surface area contributed by atoms with Crippen molar-refractivity contribution in [2.75, 3.05) is 17.7 Å². The van der Waals surface area contributed by atoms with Gasteiger partial charge in [0.1, 0.15) is 0 Å². The maximum absolute atomic E-state index is 12.2. The summed E-state index contributed by atoms with van der Waals surface area (Å²) in [6, 6.07) is 10.8. The van der Waals surface area contributed by atoms with Crippen LogP contribution in [-0.2, 0) is 9.53 Å².